The molecule has 0 saturated carbocycles. The standard InChI is InChI=1S/C8H12N2O2/c1-2-6(8(9)12)10-5-3-4-7(10)11/h3-4,6H,2,5H2,1H3,(H2,9,12)/t6-/m0/s1. The average molecular weight is 168 g/mol. The highest BCUT2D eigenvalue weighted by Gasteiger charge is 2.26. The second-order valence-corrected chi connectivity index (χ2v) is 2.72. The van der Waals surface area contributed by atoms with Gasteiger partial charge in [0, 0.05) is 12.6 Å². The third-order valence-corrected chi connectivity index (χ3v) is 1.94. The first kappa shape index (κ1) is 8.77. The molecule has 12 heavy (non-hydrogen) atoms. The van der Waals surface area contributed by atoms with Crippen molar-refractivity contribution in [3.63, 3.8) is 0 Å². The van der Waals surface area contributed by atoms with Gasteiger partial charge in [0.05, 0.1) is 0 Å². The van der Waals surface area contributed by atoms with Crippen LogP contribution in [-0.4, -0.2) is 29.3 Å². The van der Waals surface area contributed by atoms with Crippen LogP contribution >= 0.6 is 0 Å². The molecule has 0 aromatic carbocycles. The second-order valence-electron chi connectivity index (χ2n) is 2.72. The van der Waals surface area contributed by atoms with Gasteiger partial charge in [-0.25, -0.2) is 0 Å². The number of hydrogen-bond donors (Lipinski definition) is 1. The molecule has 0 unspecified atom stereocenters. The molecule has 66 valence electrons. The highest BCUT2D eigenvalue weighted by molar-refractivity contribution is 5.94. The molecular formula is C8H12N2O2. The topological polar surface area (TPSA) is 63.4 Å². The molecule has 0 spiro atoms. The molecule has 4 nitrogen and oxygen atoms in total. The number of hydrogen-bond acceptors (Lipinski definition) is 2. The van der Waals surface area contributed by atoms with Gasteiger partial charge in [-0.1, -0.05) is 13.0 Å². The molecule has 4 heteroatoms. The van der Waals surface area contributed by atoms with E-state index in [0.717, 1.165) is 0 Å². The predicted octanol–water partition coefficient (Wildman–Crippen LogP) is -0.351. The van der Waals surface area contributed by atoms with Crippen molar-refractivity contribution in [3.05, 3.63) is 12.2 Å². The Morgan fingerprint density at radius 1 is 1.83 bits per heavy atom. The minimum atomic E-state index is -0.451. The Bertz CT molecular complexity index is 235. The van der Waals surface area contributed by atoms with Crippen LogP contribution in [0.1, 0.15) is 13.3 Å². The number of carbonyl (C=O) groups excluding carboxylic acids is 2. The summed E-state index contributed by atoms with van der Waals surface area (Å²) in [5.41, 5.74) is 5.13. The molecule has 1 aliphatic rings. The highest BCUT2D eigenvalue weighted by atomic mass is 16.2. The largest absolute Gasteiger partial charge is 0.368 e. The van der Waals surface area contributed by atoms with Crippen molar-refractivity contribution in [2.24, 2.45) is 5.73 Å². The summed E-state index contributed by atoms with van der Waals surface area (Å²) in [5.74, 6) is -0.560. The summed E-state index contributed by atoms with van der Waals surface area (Å²) in [4.78, 5) is 23.4. The Morgan fingerprint density at radius 2 is 2.50 bits per heavy atom. The van der Waals surface area contributed by atoms with E-state index in [2.05, 4.69) is 0 Å². The Balaban J connectivity index is 2.67. The minimum Gasteiger partial charge on any atom is -0.368 e. The van der Waals surface area contributed by atoms with E-state index in [1.165, 1.54) is 11.0 Å². The fourth-order valence-corrected chi connectivity index (χ4v) is 1.31. The van der Waals surface area contributed by atoms with Gasteiger partial charge in [-0.3, -0.25) is 9.59 Å². The van der Waals surface area contributed by atoms with Crippen LogP contribution in [0, 0.1) is 0 Å². The fraction of sp³-hybridized carbons (Fsp3) is 0.500. The summed E-state index contributed by atoms with van der Waals surface area (Å²) in [6.45, 7) is 2.33. The number of nitrogens with two attached hydrogens (primary N) is 1. The number of rotatable bonds is 3. The molecule has 0 saturated heterocycles. The molecule has 2 N–H and O–H groups in total. The first-order chi connectivity index (χ1) is 5.66. The van der Waals surface area contributed by atoms with Gasteiger partial charge in [-0.2, -0.15) is 0 Å². The van der Waals surface area contributed by atoms with Crippen LogP contribution in [0.25, 0.3) is 0 Å². The van der Waals surface area contributed by atoms with Crippen LogP contribution < -0.4 is 5.73 Å². The van der Waals surface area contributed by atoms with Crippen LogP contribution in [0.5, 0.6) is 0 Å². The molecule has 0 bridgehead atoms. The second kappa shape index (κ2) is 3.38. The lowest BCUT2D eigenvalue weighted by Gasteiger charge is -2.23. The first-order valence-electron chi connectivity index (χ1n) is 3.93. The van der Waals surface area contributed by atoms with Crippen molar-refractivity contribution >= 4 is 11.8 Å². The summed E-state index contributed by atoms with van der Waals surface area (Å²) in [6, 6.07) is -0.451. The smallest absolute Gasteiger partial charge is 0.247 e. The molecule has 0 aromatic heterocycles. The van der Waals surface area contributed by atoms with E-state index in [1.807, 2.05) is 6.92 Å². The van der Waals surface area contributed by atoms with E-state index in [9.17, 15) is 9.59 Å². The summed E-state index contributed by atoms with van der Waals surface area (Å²) in [7, 11) is 0. The van der Waals surface area contributed by atoms with Crippen LogP contribution in [-0.2, 0) is 9.59 Å². The molecule has 0 fully saturated rings. The number of nitrogens with zero attached hydrogens (tertiary/aromatic N) is 1. The van der Waals surface area contributed by atoms with E-state index in [-0.39, 0.29) is 5.91 Å². The van der Waals surface area contributed by atoms with Gasteiger partial charge < -0.3 is 10.6 Å². The molecule has 0 aromatic rings. The van der Waals surface area contributed by atoms with E-state index < -0.39 is 11.9 Å². The zero-order valence-electron chi connectivity index (χ0n) is 6.99. The SMILES string of the molecule is CC[C@@H](C(N)=O)N1CC=CC1=O. The van der Waals surface area contributed by atoms with Crippen molar-refractivity contribution < 1.29 is 9.59 Å². The Hall–Kier alpha value is -1.32. The zero-order valence-corrected chi connectivity index (χ0v) is 6.99. The minimum absolute atomic E-state index is 0.124. The summed E-state index contributed by atoms with van der Waals surface area (Å²) < 4.78 is 0. The maximum absolute atomic E-state index is 11.1. The lowest BCUT2D eigenvalue weighted by atomic mass is 10.2. The van der Waals surface area contributed by atoms with Gasteiger partial charge in [0.2, 0.25) is 11.8 Å². The van der Waals surface area contributed by atoms with Crippen LogP contribution in [0.4, 0.5) is 0 Å². The van der Waals surface area contributed by atoms with Crippen molar-refractivity contribution in [1.29, 1.82) is 0 Å². The van der Waals surface area contributed by atoms with Crippen molar-refractivity contribution in [3.8, 4) is 0 Å². The van der Waals surface area contributed by atoms with E-state index in [1.54, 1.807) is 6.08 Å². The monoisotopic (exact) mass is 168 g/mol. The summed E-state index contributed by atoms with van der Waals surface area (Å²) in [6.07, 6.45) is 3.77. The van der Waals surface area contributed by atoms with Crippen LogP contribution in [0.2, 0.25) is 0 Å². The molecule has 1 aliphatic heterocycles. The molecule has 2 amide bonds. The molecule has 0 radical (unpaired) electrons. The van der Waals surface area contributed by atoms with Crippen LogP contribution in [0.15, 0.2) is 12.2 Å². The van der Waals surface area contributed by atoms with Gasteiger partial charge in [-0.15, -0.1) is 0 Å². The lowest BCUT2D eigenvalue weighted by Crippen LogP contribution is -2.45. The van der Waals surface area contributed by atoms with Crippen molar-refractivity contribution in [1.82, 2.24) is 4.90 Å². The van der Waals surface area contributed by atoms with Crippen molar-refractivity contribution in [2.75, 3.05) is 6.54 Å². The predicted molar refractivity (Wildman–Crippen MR) is 44.1 cm³/mol. The van der Waals surface area contributed by atoms with Crippen molar-refractivity contribution in [2.45, 2.75) is 19.4 Å². The van der Waals surface area contributed by atoms with Crippen LogP contribution in [0.3, 0.4) is 0 Å². The first-order valence-corrected chi connectivity index (χ1v) is 3.93. The zero-order chi connectivity index (χ0) is 9.14. The molecule has 1 rings (SSSR count). The summed E-state index contributed by atoms with van der Waals surface area (Å²) in [5, 5.41) is 0. The maximum atomic E-state index is 11.1. The Labute approximate surface area is 71.0 Å². The number of carbonyl (C=O) groups is 2. The third-order valence-electron chi connectivity index (χ3n) is 1.94. The Kier molecular flexibility index (Phi) is 2.47. The van der Waals surface area contributed by atoms with Gasteiger partial charge in [0.15, 0.2) is 0 Å². The number of primary amides is 1. The number of amides is 2. The summed E-state index contributed by atoms with van der Waals surface area (Å²) >= 11 is 0. The van der Waals surface area contributed by atoms with Gasteiger partial charge in [0.25, 0.3) is 0 Å². The van der Waals surface area contributed by atoms with Gasteiger partial charge >= 0.3 is 0 Å². The average Bonchev–Trinajstić information content (AvgIpc) is 2.38. The maximum Gasteiger partial charge on any atom is 0.247 e. The quantitative estimate of drug-likeness (QED) is 0.626. The van der Waals surface area contributed by atoms with E-state index in [4.69, 9.17) is 5.73 Å². The lowest BCUT2D eigenvalue weighted by molar-refractivity contribution is -0.134. The normalized spacial score (nSPS) is 18.4. The molecule has 1 atom stereocenters. The van der Waals surface area contributed by atoms with E-state index >= 15 is 0 Å². The highest BCUT2D eigenvalue weighted by Crippen LogP contribution is 2.09. The Morgan fingerprint density at radius 3 is 2.83 bits per heavy atom. The van der Waals surface area contributed by atoms with Gasteiger partial charge in [0.1, 0.15) is 6.04 Å². The molecular weight excluding hydrogens is 156 g/mol. The van der Waals surface area contributed by atoms with Gasteiger partial charge in [-0.05, 0) is 6.42 Å². The molecule has 1 heterocycles. The van der Waals surface area contributed by atoms with E-state index in [0.29, 0.717) is 13.0 Å². The fourth-order valence-electron chi connectivity index (χ4n) is 1.31. The third kappa shape index (κ3) is 1.47. The molecule has 0 aliphatic carbocycles.